The first-order chi connectivity index (χ1) is 18.4. The lowest BCUT2D eigenvalue weighted by atomic mass is 10.2. The Morgan fingerprint density at radius 3 is 2.18 bits per heavy atom. The van der Waals surface area contributed by atoms with E-state index in [2.05, 4.69) is 20.6 Å². The van der Waals surface area contributed by atoms with Gasteiger partial charge in [-0.15, -0.1) is 10.2 Å². The fourth-order valence-corrected chi connectivity index (χ4v) is 3.69. The fourth-order valence-electron chi connectivity index (χ4n) is 3.69. The molecule has 0 bridgehead atoms. The first-order valence-corrected chi connectivity index (χ1v) is 11.9. The van der Waals surface area contributed by atoms with E-state index in [0.29, 0.717) is 40.2 Å². The van der Waals surface area contributed by atoms with Gasteiger partial charge in [-0.2, -0.15) is 5.10 Å². The minimum Gasteiger partial charge on any atom is -0.457 e. The lowest BCUT2D eigenvalue weighted by Crippen LogP contribution is -2.11. The summed E-state index contributed by atoms with van der Waals surface area (Å²) in [6, 6.07) is 22.8. The Bertz CT molecular complexity index is 1580. The largest absolute Gasteiger partial charge is 0.457 e. The molecule has 8 nitrogen and oxygen atoms in total. The third kappa shape index (κ3) is 5.52. The molecule has 5 aromatic rings. The van der Waals surface area contributed by atoms with E-state index in [0.717, 1.165) is 17.0 Å². The quantitative estimate of drug-likeness (QED) is 0.267. The molecule has 1 N–H and O–H groups in total. The predicted molar refractivity (Wildman–Crippen MR) is 141 cm³/mol. The van der Waals surface area contributed by atoms with Crippen LogP contribution in [0.5, 0.6) is 23.1 Å². The molecule has 3 aromatic carbocycles. The summed E-state index contributed by atoms with van der Waals surface area (Å²) in [4.78, 5) is 12.8. The van der Waals surface area contributed by atoms with E-state index < -0.39 is 0 Å². The van der Waals surface area contributed by atoms with E-state index >= 15 is 0 Å². The Morgan fingerprint density at radius 1 is 0.816 bits per heavy atom. The summed E-state index contributed by atoms with van der Waals surface area (Å²) < 4.78 is 26.4. The Labute approximate surface area is 218 Å². The van der Waals surface area contributed by atoms with E-state index in [4.69, 9.17) is 9.47 Å². The molecule has 5 rings (SSSR count). The van der Waals surface area contributed by atoms with Crippen molar-refractivity contribution < 1.29 is 18.7 Å². The third-order valence-electron chi connectivity index (χ3n) is 5.98. The molecule has 190 valence electrons. The molecule has 0 aliphatic rings. The first kappa shape index (κ1) is 24.6. The number of aromatic nitrogens is 4. The lowest BCUT2D eigenvalue weighted by Gasteiger charge is -2.10. The number of benzene rings is 3. The second kappa shape index (κ2) is 10.5. The molecule has 38 heavy (non-hydrogen) atoms. The van der Waals surface area contributed by atoms with Crippen LogP contribution in [0.2, 0.25) is 0 Å². The van der Waals surface area contributed by atoms with Gasteiger partial charge in [0.15, 0.2) is 5.82 Å². The Hall–Kier alpha value is -5.05. The summed E-state index contributed by atoms with van der Waals surface area (Å²) in [6.45, 7) is 5.96. The molecular formula is C29H24FN5O3. The molecule has 0 radical (unpaired) electrons. The van der Waals surface area contributed by atoms with Gasteiger partial charge in [-0.05, 0) is 99.1 Å². The van der Waals surface area contributed by atoms with Crippen molar-refractivity contribution in [3.05, 3.63) is 113 Å². The maximum absolute atomic E-state index is 13.1. The highest BCUT2D eigenvalue weighted by atomic mass is 19.1. The normalized spacial score (nSPS) is 10.7. The molecule has 1 amide bonds. The number of amides is 1. The maximum Gasteiger partial charge on any atom is 0.255 e. The number of nitrogens with zero attached hydrogens (tertiary/aromatic N) is 4. The highest BCUT2D eigenvalue weighted by Gasteiger charge is 2.12. The molecule has 2 heterocycles. The minimum atomic E-state index is -0.349. The van der Waals surface area contributed by atoms with Crippen molar-refractivity contribution in [1.82, 2.24) is 20.0 Å². The van der Waals surface area contributed by atoms with Gasteiger partial charge >= 0.3 is 0 Å². The summed E-state index contributed by atoms with van der Waals surface area (Å²) in [5.41, 5.74) is 4.08. The number of carbonyl (C=O) groups is 1. The summed E-state index contributed by atoms with van der Waals surface area (Å²) >= 11 is 0. The summed E-state index contributed by atoms with van der Waals surface area (Å²) in [6.07, 6.45) is 0. The fraction of sp³-hybridized carbons (Fsp3) is 0.103. The van der Waals surface area contributed by atoms with Gasteiger partial charge in [0.25, 0.3) is 5.91 Å². The van der Waals surface area contributed by atoms with Gasteiger partial charge in [-0.25, -0.2) is 9.07 Å². The highest BCUT2D eigenvalue weighted by molar-refractivity contribution is 6.04. The van der Waals surface area contributed by atoms with Crippen LogP contribution in [-0.4, -0.2) is 25.9 Å². The van der Waals surface area contributed by atoms with E-state index in [9.17, 15) is 9.18 Å². The van der Waals surface area contributed by atoms with Crippen molar-refractivity contribution >= 4 is 11.6 Å². The highest BCUT2D eigenvalue weighted by Crippen LogP contribution is 2.25. The number of aryl methyl sites for hydroxylation is 1. The zero-order chi connectivity index (χ0) is 26.6. The van der Waals surface area contributed by atoms with E-state index in [1.807, 2.05) is 20.8 Å². The number of rotatable bonds is 7. The third-order valence-corrected chi connectivity index (χ3v) is 5.98. The van der Waals surface area contributed by atoms with Crippen molar-refractivity contribution in [2.75, 3.05) is 5.32 Å². The van der Waals surface area contributed by atoms with Crippen molar-refractivity contribution in [1.29, 1.82) is 0 Å². The van der Waals surface area contributed by atoms with Gasteiger partial charge in [0.1, 0.15) is 23.1 Å². The average molecular weight is 510 g/mol. The van der Waals surface area contributed by atoms with Gasteiger partial charge in [0, 0.05) is 23.0 Å². The topological polar surface area (TPSA) is 91.2 Å². The van der Waals surface area contributed by atoms with Crippen LogP contribution in [0, 0.1) is 26.6 Å². The Balaban J connectivity index is 1.20. The van der Waals surface area contributed by atoms with Gasteiger partial charge in [0.05, 0.1) is 5.69 Å². The lowest BCUT2D eigenvalue weighted by molar-refractivity contribution is 0.102. The van der Waals surface area contributed by atoms with Crippen LogP contribution < -0.4 is 14.8 Å². The first-order valence-electron chi connectivity index (χ1n) is 11.9. The molecule has 0 aliphatic carbocycles. The molecule has 0 saturated heterocycles. The smallest absolute Gasteiger partial charge is 0.255 e. The SMILES string of the molecule is Cc1nn(-c2ccc(Oc3ccc(NC(=O)c4cccc(Oc5ccc(F)cc5)c4)cc3)nn2)c(C)c1C. The summed E-state index contributed by atoms with van der Waals surface area (Å²) in [5.74, 6) is 1.77. The molecule has 0 aliphatic heterocycles. The molecule has 0 atom stereocenters. The Morgan fingerprint density at radius 2 is 1.53 bits per heavy atom. The number of nitrogens with one attached hydrogen (secondary N) is 1. The predicted octanol–water partition coefficient (Wildman–Crippen LogP) is 6.56. The molecule has 0 fully saturated rings. The van der Waals surface area contributed by atoms with Gasteiger partial charge in [-0.3, -0.25) is 4.79 Å². The van der Waals surface area contributed by atoms with Crippen molar-refractivity contribution in [2.45, 2.75) is 20.8 Å². The van der Waals surface area contributed by atoms with Crippen LogP contribution in [0.15, 0.2) is 84.9 Å². The van der Waals surface area contributed by atoms with Crippen molar-refractivity contribution in [3.8, 4) is 28.9 Å². The molecule has 9 heteroatoms. The van der Waals surface area contributed by atoms with E-state index in [1.54, 1.807) is 65.3 Å². The number of anilines is 1. The van der Waals surface area contributed by atoms with E-state index in [-0.39, 0.29) is 11.7 Å². The number of ether oxygens (including phenoxy) is 2. The molecule has 0 unspecified atom stereocenters. The number of halogens is 1. The van der Waals surface area contributed by atoms with Crippen LogP contribution in [0.1, 0.15) is 27.3 Å². The van der Waals surface area contributed by atoms with Gasteiger partial charge in [0.2, 0.25) is 5.88 Å². The number of carbonyl (C=O) groups excluding carboxylic acids is 1. The maximum atomic E-state index is 13.1. The van der Waals surface area contributed by atoms with Gasteiger partial charge in [-0.1, -0.05) is 6.07 Å². The van der Waals surface area contributed by atoms with Crippen LogP contribution in [0.25, 0.3) is 5.82 Å². The summed E-state index contributed by atoms with van der Waals surface area (Å²) in [7, 11) is 0. The second-order valence-corrected chi connectivity index (χ2v) is 8.60. The van der Waals surface area contributed by atoms with E-state index in [1.165, 1.54) is 24.3 Å². The standard InChI is InChI=1S/C29H24FN5O3/c1-18-19(2)34-35(20(18)3)27-15-16-28(33-32-27)38-25-13-9-23(10-14-25)31-29(36)21-5-4-6-26(17-21)37-24-11-7-22(30)8-12-24/h4-17H,1-3H3,(H,31,36). The molecular weight excluding hydrogens is 485 g/mol. The summed E-state index contributed by atoms with van der Waals surface area (Å²) in [5, 5.41) is 15.7. The van der Waals surface area contributed by atoms with Crippen molar-refractivity contribution in [2.24, 2.45) is 0 Å². The van der Waals surface area contributed by atoms with Gasteiger partial charge < -0.3 is 14.8 Å². The number of hydrogen-bond donors (Lipinski definition) is 1. The van der Waals surface area contributed by atoms with Crippen LogP contribution in [0.3, 0.4) is 0 Å². The molecule has 0 spiro atoms. The zero-order valence-electron chi connectivity index (χ0n) is 21.0. The van der Waals surface area contributed by atoms with Crippen LogP contribution >= 0.6 is 0 Å². The van der Waals surface area contributed by atoms with Crippen LogP contribution in [-0.2, 0) is 0 Å². The second-order valence-electron chi connectivity index (χ2n) is 8.60. The minimum absolute atomic E-state index is 0.302. The average Bonchev–Trinajstić information content (AvgIpc) is 3.19. The van der Waals surface area contributed by atoms with Crippen LogP contribution in [0.4, 0.5) is 10.1 Å². The molecule has 0 saturated carbocycles. The Kier molecular flexibility index (Phi) is 6.82. The number of hydrogen-bond acceptors (Lipinski definition) is 6. The monoisotopic (exact) mass is 509 g/mol. The molecule has 2 aromatic heterocycles. The zero-order valence-corrected chi connectivity index (χ0v) is 21.0. The van der Waals surface area contributed by atoms with Crippen molar-refractivity contribution in [3.63, 3.8) is 0 Å².